The Morgan fingerprint density at radius 1 is 0.950 bits per heavy atom. The van der Waals surface area contributed by atoms with Crippen molar-refractivity contribution in [2.45, 2.75) is 6.92 Å². The second-order valence-electron chi connectivity index (χ2n) is 3.71. The normalized spacial score (nSPS) is 9.05. The van der Waals surface area contributed by atoms with Crippen molar-refractivity contribution >= 4 is 17.5 Å². The molecular formula is C17H19NO2. The molecule has 20 heavy (non-hydrogen) atoms. The largest absolute Gasteiger partial charge is 0.449 e. The number of carbonyl (C=O) groups is 1. The highest BCUT2D eigenvalue weighted by atomic mass is 16.6. The Hall–Kier alpha value is -2.55. The van der Waals surface area contributed by atoms with E-state index in [-0.39, 0.29) is 6.09 Å². The molecular weight excluding hydrogens is 250 g/mol. The van der Waals surface area contributed by atoms with Crippen molar-refractivity contribution in [1.29, 1.82) is 0 Å². The molecule has 1 amide bonds. The first-order chi connectivity index (χ1) is 9.83. The van der Waals surface area contributed by atoms with Gasteiger partial charge in [0, 0.05) is 0 Å². The number of carbonyl (C=O) groups excluding carboxylic acids is 1. The van der Waals surface area contributed by atoms with Crippen LogP contribution in [0.1, 0.15) is 6.92 Å². The monoisotopic (exact) mass is 269 g/mol. The molecule has 2 rings (SSSR count). The fraction of sp³-hybridized carbons (Fsp3) is 0.118. The molecule has 3 nitrogen and oxygen atoms in total. The number of anilines is 2. The van der Waals surface area contributed by atoms with Crippen LogP contribution < -0.4 is 4.90 Å². The molecule has 0 spiro atoms. The fourth-order valence-corrected chi connectivity index (χ4v) is 1.70. The van der Waals surface area contributed by atoms with Crippen LogP contribution in [0.2, 0.25) is 0 Å². The van der Waals surface area contributed by atoms with E-state index in [1.54, 1.807) is 11.8 Å². The highest BCUT2D eigenvalue weighted by molar-refractivity contribution is 5.95. The second-order valence-corrected chi connectivity index (χ2v) is 3.71. The van der Waals surface area contributed by atoms with Crippen molar-refractivity contribution in [3.05, 3.63) is 73.8 Å². The van der Waals surface area contributed by atoms with Gasteiger partial charge in [0.25, 0.3) is 0 Å². The van der Waals surface area contributed by atoms with Gasteiger partial charge in [0.2, 0.25) is 0 Å². The summed E-state index contributed by atoms with van der Waals surface area (Å²) in [6.07, 6.45) is -0.366. The molecule has 0 bridgehead atoms. The summed E-state index contributed by atoms with van der Waals surface area (Å²) in [5.41, 5.74) is 1.59. The van der Waals surface area contributed by atoms with Gasteiger partial charge >= 0.3 is 6.09 Å². The summed E-state index contributed by atoms with van der Waals surface area (Å²) in [6.45, 7) is 8.15. The van der Waals surface area contributed by atoms with Gasteiger partial charge in [-0.05, 0) is 31.2 Å². The summed E-state index contributed by atoms with van der Waals surface area (Å²) >= 11 is 0. The van der Waals surface area contributed by atoms with Gasteiger partial charge in [-0.2, -0.15) is 0 Å². The van der Waals surface area contributed by atoms with E-state index in [0.717, 1.165) is 11.4 Å². The SMILES string of the molecule is C=C.CCOC(=O)N(c1ccccc1)c1ccccc1. The summed E-state index contributed by atoms with van der Waals surface area (Å²) in [5.74, 6) is 0. The van der Waals surface area contributed by atoms with Crippen LogP contribution in [0.15, 0.2) is 73.8 Å². The predicted molar refractivity (Wildman–Crippen MR) is 83.3 cm³/mol. The van der Waals surface area contributed by atoms with Crippen LogP contribution in [0.5, 0.6) is 0 Å². The Labute approximate surface area is 120 Å². The maximum Gasteiger partial charge on any atom is 0.418 e. The molecule has 0 heterocycles. The average Bonchev–Trinajstić information content (AvgIpc) is 2.52. The number of hydrogen-bond donors (Lipinski definition) is 0. The van der Waals surface area contributed by atoms with E-state index in [1.807, 2.05) is 60.7 Å². The Kier molecular flexibility index (Phi) is 6.62. The first-order valence-electron chi connectivity index (χ1n) is 6.40. The smallest absolute Gasteiger partial charge is 0.418 e. The lowest BCUT2D eigenvalue weighted by Crippen LogP contribution is -2.26. The molecule has 0 aliphatic rings. The molecule has 3 heteroatoms. The van der Waals surface area contributed by atoms with E-state index < -0.39 is 0 Å². The quantitative estimate of drug-likeness (QED) is 0.750. The van der Waals surface area contributed by atoms with E-state index in [4.69, 9.17) is 4.74 Å². The molecule has 0 saturated heterocycles. The first kappa shape index (κ1) is 15.5. The number of hydrogen-bond acceptors (Lipinski definition) is 2. The first-order valence-corrected chi connectivity index (χ1v) is 6.40. The van der Waals surface area contributed by atoms with Crippen LogP contribution in [0.3, 0.4) is 0 Å². The summed E-state index contributed by atoms with van der Waals surface area (Å²) in [4.78, 5) is 13.6. The third kappa shape index (κ3) is 3.99. The Balaban J connectivity index is 0.000000956. The Morgan fingerprint density at radius 3 is 1.70 bits per heavy atom. The predicted octanol–water partition coefficient (Wildman–Crippen LogP) is 4.78. The van der Waals surface area contributed by atoms with E-state index in [1.165, 1.54) is 0 Å². The lowest BCUT2D eigenvalue weighted by atomic mass is 10.2. The molecule has 0 aliphatic carbocycles. The summed E-state index contributed by atoms with van der Waals surface area (Å²) in [5, 5.41) is 0. The van der Waals surface area contributed by atoms with Gasteiger partial charge in [-0.25, -0.2) is 9.69 Å². The van der Waals surface area contributed by atoms with Crippen molar-refractivity contribution in [2.75, 3.05) is 11.5 Å². The standard InChI is InChI=1S/C15H15NO2.C2H4/c1-2-18-15(17)16(13-9-5-3-6-10-13)14-11-7-4-8-12-14;1-2/h3-12H,2H2,1H3;1-2H2. The Morgan fingerprint density at radius 2 is 1.35 bits per heavy atom. The van der Waals surface area contributed by atoms with Gasteiger partial charge in [0.1, 0.15) is 0 Å². The third-order valence-corrected chi connectivity index (χ3v) is 2.48. The van der Waals surface area contributed by atoms with Crippen LogP contribution in [0.4, 0.5) is 16.2 Å². The Bertz CT molecular complexity index is 472. The number of rotatable bonds is 3. The van der Waals surface area contributed by atoms with Gasteiger partial charge in [-0.15, -0.1) is 13.2 Å². The zero-order valence-electron chi connectivity index (χ0n) is 11.7. The van der Waals surface area contributed by atoms with Gasteiger partial charge < -0.3 is 4.74 Å². The number of amides is 1. The van der Waals surface area contributed by atoms with Gasteiger partial charge in [-0.1, -0.05) is 36.4 Å². The van der Waals surface area contributed by atoms with E-state index in [0.29, 0.717) is 6.61 Å². The van der Waals surface area contributed by atoms with Crippen molar-refractivity contribution in [3.8, 4) is 0 Å². The van der Waals surface area contributed by atoms with Crippen LogP contribution in [0.25, 0.3) is 0 Å². The topological polar surface area (TPSA) is 29.5 Å². The van der Waals surface area contributed by atoms with E-state index in [2.05, 4.69) is 13.2 Å². The van der Waals surface area contributed by atoms with Crippen molar-refractivity contribution in [3.63, 3.8) is 0 Å². The van der Waals surface area contributed by atoms with Crippen molar-refractivity contribution in [2.24, 2.45) is 0 Å². The molecule has 0 unspecified atom stereocenters. The van der Waals surface area contributed by atoms with E-state index in [9.17, 15) is 4.79 Å². The molecule has 0 aromatic heterocycles. The van der Waals surface area contributed by atoms with Crippen LogP contribution in [-0.4, -0.2) is 12.7 Å². The van der Waals surface area contributed by atoms with E-state index >= 15 is 0 Å². The molecule has 0 atom stereocenters. The number of ether oxygens (including phenoxy) is 1. The molecule has 0 saturated carbocycles. The minimum absolute atomic E-state index is 0.356. The van der Waals surface area contributed by atoms with Crippen LogP contribution in [0, 0.1) is 0 Å². The highest BCUT2D eigenvalue weighted by Crippen LogP contribution is 2.25. The molecule has 2 aromatic rings. The lowest BCUT2D eigenvalue weighted by Gasteiger charge is -2.21. The van der Waals surface area contributed by atoms with Crippen molar-refractivity contribution in [1.82, 2.24) is 0 Å². The van der Waals surface area contributed by atoms with Gasteiger partial charge in [0.15, 0.2) is 0 Å². The summed E-state index contributed by atoms with van der Waals surface area (Å²) < 4.78 is 5.10. The summed E-state index contributed by atoms with van der Waals surface area (Å²) in [6, 6.07) is 18.9. The van der Waals surface area contributed by atoms with Gasteiger partial charge in [0.05, 0.1) is 18.0 Å². The molecule has 0 fully saturated rings. The zero-order valence-corrected chi connectivity index (χ0v) is 11.7. The second kappa shape index (κ2) is 8.53. The lowest BCUT2D eigenvalue weighted by molar-refractivity contribution is 0.162. The number of benzene rings is 2. The number of nitrogens with zero attached hydrogens (tertiary/aromatic N) is 1. The molecule has 0 aliphatic heterocycles. The van der Waals surface area contributed by atoms with Gasteiger partial charge in [-0.3, -0.25) is 0 Å². The fourth-order valence-electron chi connectivity index (χ4n) is 1.70. The molecule has 0 radical (unpaired) electrons. The average molecular weight is 269 g/mol. The molecule has 104 valence electrons. The summed E-state index contributed by atoms with van der Waals surface area (Å²) in [7, 11) is 0. The highest BCUT2D eigenvalue weighted by Gasteiger charge is 2.18. The van der Waals surface area contributed by atoms with Crippen LogP contribution >= 0.6 is 0 Å². The van der Waals surface area contributed by atoms with Crippen molar-refractivity contribution < 1.29 is 9.53 Å². The maximum absolute atomic E-state index is 12.0. The minimum Gasteiger partial charge on any atom is -0.449 e. The molecule has 2 aromatic carbocycles. The third-order valence-electron chi connectivity index (χ3n) is 2.48. The molecule has 0 N–H and O–H groups in total. The minimum atomic E-state index is -0.366. The van der Waals surface area contributed by atoms with Crippen LogP contribution in [-0.2, 0) is 4.74 Å². The maximum atomic E-state index is 12.0. The zero-order chi connectivity index (χ0) is 14.8. The number of para-hydroxylation sites is 2.